The van der Waals surface area contributed by atoms with E-state index >= 15 is 0 Å². The Bertz CT molecular complexity index is 938. The zero-order valence-corrected chi connectivity index (χ0v) is 17.0. The first-order valence-corrected chi connectivity index (χ1v) is 11.1. The number of carbonyl (C=O) groups excluding carboxylic acids is 1. The Kier molecular flexibility index (Phi) is 9.00. The second-order valence-corrected chi connectivity index (χ2v) is 8.67. The average molecular weight is 425 g/mol. The molecule has 0 aliphatic carbocycles. The first-order valence-electron chi connectivity index (χ1n) is 7.70. The highest BCUT2D eigenvalue weighted by molar-refractivity contribution is 8.00. The fourth-order valence-electron chi connectivity index (χ4n) is 1.94. The van der Waals surface area contributed by atoms with Crippen molar-refractivity contribution in [3.63, 3.8) is 0 Å². The largest absolute Gasteiger partial charge is 0.726 e. The van der Waals surface area contributed by atoms with Crippen LogP contribution in [0.15, 0.2) is 59.5 Å². The number of nitro benzene ring substituents is 1. The van der Waals surface area contributed by atoms with Crippen LogP contribution in [0.3, 0.4) is 0 Å². The zero-order chi connectivity index (χ0) is 21.3. The predicted octanol–water partition coefficient (Wildman–Crippen LogP) is 2.79. The summed E-state index contributed by atoms with van der Waals surface area (Å²) in [7, 11) is -3.83. The molecule has 0 atom stereocenters. The number of carbonyl (C=O) groups is 1. The number of Topliss-reactive ketones (excluding diaryl/α,β-unsaturated/α-hetero) is 1. The van der Waals surface area contributed by atoms with Crippen molar-refractivity contribution in [1.82, 2.24) is 0 Å². The highest BCUT2D eigenvalue weighted by Crippen LogP contribution is 2.19. The molecule has 0 radical (unpaired) electrons. The summed E-state index contributed by atoms with van der Waals surface area (Å²) in [5.41, 5.74) is 1.48. The van der Waals surface area contributed by atoms with Gasteiger partial charge in [-0.3, -0.25) is 19.1 Å². The molecular formula is C18H19NO7S2. The standard InChI is InChI=1S/C17H16NO3S.CH4O4S/c1-22(2)16(17(19)14-6-4-3-5-7-14)12-13-8-10-15(11-9-13)18(20)21;1-5-6(2,3)4/h3-12H,1-2H3;1H3,(H,2,3,4)/q+1;/p-1/b16-12-;. The van der Waals surface area contributed by atoms with Crippen molar-refractivity contribution in [1.29, 1.82) is 0 Å². The summed E-state index contributed by atoms with van der Waals surface area (Å²) in [6.07, 6.45) is 5.78. The minimum atomic E-state index is -4.41. The molecule has 2 rings (SSSR count). The van der Waals surface area contributed by atoms with Gasteiger partial charge in [-0.15, -0.1) is 0 Å². The molecule has 0 spiro atoms. The number of allylic oxidation sites excluding steroid dienone is 1. The van der Waals surface area contributed by atoms with E-state index in [1.54, 1.807) is 24.3 Å². The van der Waals surface area contributed by atoms with Crippen LogP contribution in [0.1, 0.15) is 15.9 Å². The number of hydrogen-bond acceptors (Lipinski definition) is 7. The molecule has 0 aliphatic heterocycles. The van der Waals surface area contributed by atoms with Gasteiger partial charge in [0.15, 0.2) is 0 Å². The van der Waals surface area contributed by atoms with Crippen molar-refractivity contribution in [3.05, 3.63) is 80.7 Å². The minimum Gasteiger partial charge on any atom is -0.726 e. The summed E-state index contributed by atoms with van der Waals surface area (Å²) in [6, 6.07) is 15.3. The van der Waals surface area contributed by atoms with E-state index in [9.17, 15) is 27.9 Å². The third kappa shape index (κ3) is 8.01. The van der Waals surface area contributed by atoms with Gasteiger partial charge in [0.2, 0.25) is 21.1 Å². The molecule has 0 amide bonds. The third-order valence-electron chi connectivity index (χ3n) is 3.31. The van der Waals surface area contributed by atoms with Crippen molar-refractivity contribution in [2.75, 3.05) is 19.6 Å². The zero-order valence-electron chi connectivity index (χ0n) is 15.4. The maximum atomic E-state index is 12.6. The van der Waals surface area contributed by atoms with Crippen LogP contribution in [-0.4, -0.2) is 43.3 Å². The van der Waals surface area contributed by atoms with E-state index in [1.165, 1.54) is 12.1 Å². The minimum absolute atomic E-state index is 0.00714. The van der Waals surface area contributed by atoms with Gasteiger partial charge in [0, 0.05) is 34.7 Å². The van der Waals surface area contributed by atoms with E-state index in [2.05, 4.69) is 4.18 Å². The van der Waals surface area contributed by atoms with Crippen LogP contribution in [0, 0.1) is 10.1 Å². The summed E-state index contributed by atoms with van der Waals surface area (Å²) in [5, 5.41) is 10.7. The van der Waals surface area contributed by atoms with E-state index in [-0.39, 0.29) is 22.4 Å². The smallest absolute Gasteiger partial charge is 0.269 e. The molecule has 8 nitrogen and oxygen atoms in total. The Balaban J connectivity index is 0.000000568. The summed E-state index contributed by atoms with van der Waals surface area (Å²) in [4.78, 5) is 23.5. The second kappa shape index (κ2) is 10.7. The Morgan fingerprint density at radius 2 is 1.57 bits per heavy atom. The van der Waals surface area contributed by atoms with Crippen molar-refractivity contribution in [2.24, 2.45) is 0 Å². The SMILES string of the molecule is COS(=O)(=O)[O-].C[S+](C)/C(=C\c1ccc([N+](=O)[O-])cc1)C(=O)c1ccccc1. The summed E-state index contributed by atoms with van der Waals surface area (Å²) in [5.74, 6) is -0.00714. The normalized spacial score (nSPS) is 11.5. The molecule has 28 heavy (non-hydrogen) atoms. The Labute approximate surface area is 166 Å². The fourth-order valence-corrected chi connectivity index (χ4v) is 2.80. The molecule has 0 aromatic heterocycles. The molecule has 0 bridgehead atoms. The van der Waals surface area contributed by atoms with Crippen LogP contribution in [0.5, 0.6) is 0 Å². The topological polar surface area (TPSA) is 127 Å². The molecule has 0 saturated carbocycles. The lowest BCUT2D eigenvalue weighted by Gasteiger charge is -2.03. The number of non-ortho nitro benzene ring substituents is 1. The van der Waals surface area contributed by atoms with E-state index in [0.717, 1.165) is 12.7 Å². The molecule has 0 N–H and O–H groups in total. The lowest BCUT2D eigenvalue weighted by molar-refractivity contribution is -0.384. The average Bonchev–Trinajstić information content (AvgIpc) is 2.66. The number of rotatable bonds is 6. The molecule has 0 aliphatic rings. The fraction of sp³-hybridized carbons (Fsp3) is 0.167. The highest BCUT2D eigenvalue weighted by atomic mass is 32.3. The third-order valence-corrected chi connectivity index (χ3v) is 4.90. The number of hydrogen-bond donors (Lipinski definition) is 0. The lowest BCUT2D eigenvalue weighted by Crippen LogP contribution is -2.11. The monoisotopic (exact) mass is 425 g/mol. The van der Waals surface area contributed by atoms with Gasteiger partial charge in [0.1, 0.15) is 12.5 Å². The van der Waals surface area contributed by atoms with Crippen LogP contribution < -0.4 is 0 Å². The van der Waals surface area contributed by atoms with Gasteiger partial charge in [-0.1, -0.05) is 30.3 Å². The van der Waals surface area contributed by atoms with Crippen LogP contribution >= 0.6 is 0 Å². The van der Waals surface area contributed by atoms with Gasteiger partial charge in [0.25, 0.3) is 5.69 Å². The van der Waals surface area contributed by atoms with Crippen LogP contribution in [-0.2, 0) is 25.5 Å². The summed E-state index contributed by atoms with van der Waals surface area (Å²) >= 11 is 0. The molecule has 2 aromatic rings. The van der Waals surface area contributed by atoms with Gasteiger partial charge in [-0.05, 0) is 17.7 Å². The van der Waals surface area contributed by atoms with E-state index in [4.69, 9.17) is 0 Å². The molecule has 0 unspecified atom stereocenters. The van der Waals surface area contributed by atoms with E-state index in [1.807, 2.05) is 36.8 Å². The van der Waals surface area contributed by atoms with E-state index < -0.39 is 15.3 Å². The first kappa shape index (κ1) is 23.5. The number of ketones is 1. The molecule has 10 heteroatoms. The summed E-state index contributed by atoms with van der Waals surface area (Å²) in [6.45, 7) is 0. The Hall–Kier alpha value is -2.53. The lowest BCUT2D eigenvalue weighted by atomic mass is 10.1. The second-order valence-electron chi connectivity index (χ2n) is 5.44. The molecule has 150 valence electrons. The molecule has 2 aromatic carbocycles. The predicted molar refractivity (Wildman–Crippen MR) is 108 cm³/mol. The van der Waals surface area contributed by atoms with E-state index in [0.29, 0.717) is 10.5 Å². The molecule has 0 heterocycles. The Morgan fingerprint density at radius 1 is 1.07 bits per heavy atom. The van der Waals surface area contributed by atoms with Crippen LogP contribution in [0.25, 0.3) is 6.08 Å². The maximum absolute atomic E-state index is 12.6. The van der Waals surface area contributed by atoms with Gasteiger partial charge >= 0.3 is 0 Å². The number of nitrogens with zero attached hydrogens (tertiary/aromatic N) is 1. The highest BCUT2D eigenvalue weighted by Gasteiger charge is 2.23. The van der Waals surface area contributed by atoms with Crippen LogP contribution in [0.2, 0.25) is 0 Å². The maximum Gasteiger partial charge on any atom is 0.269 e. The van der Waals surface area contributed by atoms with Crippen molar-refractivity contribution in [2.45, 2.75) is 0 Å². The van der Waals surface area contributed by atoms with Crippen molar-refractivity contribution in [3.8, 4) is 0 Å². The summed E-state index contributed by atoms with van der Waals surface area (Å²) < 4.78 is 31.0. The van der Waals surface area contributed by atoms with Crippen molar-refractivity contribution < 1.29 is 26.9 Å². The quantitative estimate of drug-likeness (QED) is 0.132. The number of benzene rings is 2. The van der Waals surface area contributed by atoms with Gasteiger partial charge in [-0.25, -0.2) is 8.42 Å². The van der Waals surface area contributed by atoms with Gasteiger partial charge in [-0.2, -0.15) is 0 Å². The first-order chi connectivity index (χ1) is 13.0. The van der Waals surface area contributed by atoms with Crippen LogP contribution in [0.4, 0.5) is 5.69 Å². The molecule has 0 saturated heterocycles. The number of nitro groups is 1. The van der Waals surface area contributed by atoms with Gasteiger partial charge < -0.3 is 4.55 Å². The van der Waals surface area contributed by atoms with Gasteiger partial charge in [0.05, 0.1) is 12.0 Å². The molecular weight excluding hydrogens is 406 g/mol. The molecule has 0 fully saturated rings. The Morgan fingerprint density at radius 3 is 1.96 bits per heavy atom. The van der Waals surface area contributed by atoms with Crippen molar-refractivity contribution >= 4 is 38.8 Å².